The van der Waals surface area contributed by atoms with Crippen molar-refractivity contribution in [1.82, 2.24) is 16.0 Å². The number of carbonyl (C=O) groups is 5. The molecule has 0 fully saturated rings. The predicted octanol–water partition coefficient (Wildman–Crippen LogP) is 9.24. The van der Waals surface area contributed by atoms with E-state index in [1.54, 1.807) is 9.24 Å². The number of thiol groups is 1. The van der Waals surface area contributed by atoms with Crippen molar-refractivity contribution in [2.45, 2.75) is 187 Å². The van der Waals surface area contributed by atoms with Gasteiger partial charge in [0.25, 0.3) is 0 Å². The molecule has 1 aromatic carbocycles. The molecule has 61 heavy (non-hydrogen) atoms. The van der Waals surface area contributed by atoms with E-state index >= 15 is 0 Å². The van der Waals surface area contributed by atoms with Gasteiger partial charge in [0, 0.05) is 56.7 Å². The fraction of sp³-hybridized carbons (Fsp3) is 0.756. The molecule has 0 heterocycles. The molecule has 10 nitrogen and oxygen atoms in total. The molecule has 0 radical (unpaired) electrons. The van der Waals surface area contributed by atoms with Crippen LogP contribution in [0.4, 0.5) is 17.6 Å². The normalized spacial score (nSPS) is 12.0. The van der Waals surface area contributed by atoms with Crippen LogP contribution >= 0.6 is 21.9 Å². The summed E-state index contributed by atoms with van der Waals surface area (Å²) in [6.07, 6.45) is 16.1. The Labute approximate surface area is 371 Å². The average Bonchev–Trinajstić information content (AvgIpc) is 3.24. The summed E-state index contributed by atoms with van der Waals surface area (Å²) in [5.41, 5.74) is 4.32. The van der Waals surface area contributed by atoms with Gasteiger partial charge in [-0.2, -0.15) is 17.0 Å². The minimum atomic E-state index is -2.04. The molecule has 1 rings (SSSR count). The van der Waals surface area contributed by atoms with Gasteiger partial charge in [0.15, 0.2) is 17.4 Å². The van der Waals surface area contributed by atoms with Gasteiger partial charge in [0.2, 0.25) is 29.4 Å². The molecule has 2 unspecified atom stereocenters. The Hall–Kier alpha value is -2.77. The fourth-order valence-electron chi connectivity index (χ4n) is 6.42. The first-order valence-electron chi connectivity index (χ1n) is 22.6. The minimum absolute atomic E-state index is 0.0572. The number of hydrogen-bond acceptors (Lipinski definition) is 8. The van der Waals surface area contributed by atoms with Crippen molar-refractivity contribution in [2.75, 3.05) is 25.4 Å². The second-order valence-electron chi connectivity index (χ2n) is 16.1. The lowest BCUT2D eigenvalue weighted by Gasteiger charge is -2.35. The monoisotopic (exact) mass is 909 g/mol. The second-order valence-corrected chi connectivity index (χ2v) is 17.1. The molecule has 0 aliphatic rings. The Balaban J connectivity index is 0.00000555. The average molecular weight is 909 g/mol. The summed E-state index contributed by atoms with van der Waals surface area (Å²) in [4.78, 5) is 63.7. The van der Waals surface area contributed by atoms with Crippen molar-refractivity contribution in [2.24, 2.45) is 11.7 Å². The molecule has 5 N–H and O–H groups in total. The number of amides is 3. The fourth-order valence-corrected chi connectivity index (χ4v) is 6.96. The predicted molar refractivity (Wildman–Crippen MR) is 243 cm³/mol. The van der Waals surface area contributed by atoms with Gasteiger partial charge in [-0.25, -0.2) is 13.2 Å². The van der Waals surface area contributed by atoms with E-state index in [4.69, 9.17) is 10.5 Å². The second kappa shape index (κ2) is 35.7. The van der Waals surface area contributed by atoms with E-state index in [0.29, 0.717) is 51.6 Å². The van der Waals surface area contributed by atoms with Gasteiger partial charge in [-0.15, -0.1) is 0 Å². The Morgan fingerprint density at radius 3 is 1.59 bits per heavy atom. The zero-order valence-corrected chi connectivity index (χ0v) is 39.5. The molecular weight excluding hydrogens is 832 g/mol. The number of nitrogens with two attached hydrogens (primary N) is 1. The molecule has 0 spiro atoms. The molecule has 1 aromatic rings. The number of rotatable bonds is 34. The topological polar surface area (TPSA) is 157 Å². The maximum atomic E-state index is 14.0. The molecular formula is C45H77F4N4O6PS. The molecule has 0 aromatic heterocycles. The number of esters is 1. The Kier molecular flexibility index (Phi) is 34.0. The minimum Gasteiger partial charge on any atom is -0.422 e. The van der Waals surface area contributed by atoms with E-state index in [9.17, 15) is 41.5 Å². The third-order valence-corrected chi connectivity index (χ3v) is 11.2. The van der Waals surface area contributed by atoms with Crippen LogP contribution in [0, 0.1) is 29.2 Å². The Bertz CT molecular complexity index is 1380. The summed E-state index contributed by atoms with van der Waals surface area (Å²) in [5, 5.41) is 8.35. The van der Waals surface area contributed by atoms with Gasteiger partial charge in [0.05, 0.1) is 5.30 Å². The Morgan fingerprint density at radius 1 is 0.623 bits per heavy atom. The van der Waals surface area contributed by atoms with Gasteiger partial charge < -0.3 is 26.4 Å². The molecule has 0 aliphatic carbocycles. The van der Waals surface area contributed by atoms with Crippen molar-refractivity contribution in [3.8, 4) is 5.75 Å². The number of Topliss-reactive ketones (excluding diaryl/α,β-unsaturated/α-hetero) is 1. The van der Waals surface area contributed by atoms with Gasteiger partial charge in [-0.1, -0.05) is 101 Å². The lowest BCUT2D eigenvalue weighted by Crippen LogP contribution is -2.50. The lowest BCUT2D eigenvalue weighted by molar-refractivity contribution is -0.134. The first-order chi connectivity index (χ1) is 29.1. The van der Waals surface area contributed by atoms with Crippen LogP contribution in [-0.4, -0.2) is 60.4 Å². The van der Waals surface area contributed by atoms with Crippen molar-refractivity contribution in [1.29, 1.82) is 0 Å². The molecule has 0 bridgehead atoms. The van der Waals surface area contributed by atoms with Crippen LogP contribution < -0.4 is 31.7 Å². The van der Waals surface area contributed by atoms with Crippen molar-refractivity contribution in [3.63, 3.8) is 0 Å². The zero-order chi connectivity index (χ0) is 46.1. The van der Waals surface area contributed by atoms with Gasteiger partial charge >= 0.3 is 5.97 Å². The highest BCUT2D eigenvalue weighted by Crippen LogP contribution is 2.28. The van der Waals surface area contributed by atoms with Crippen molar-refractivity contribution < 1.29 is 46.3 Å². The van der Waals surface area contributed by atoms with Gasteiger partial charge in [-0.05, 0) is 70.1 Å². The van der Waals surface area contributed by atoms with E-state index in [0.717, 1.165) is 76.5 Å². The van der Waals surface area contributed by atoms with Crippen LogP contribution in [0.15, 0.2) is 0 Å². The molecule has 0 aliphatic heterocycles. The number of carbonyl (C=O) groups excluding carboxylic acids is 5. The van der Waals surface area contributed by atoms with E-state index in [1.165, 1.54) is 19.3 Å². The summed E-state index contributed by atoms with van der Waals surface area (Å²) in [7, 11) is 1.71. The van der Waals surface area contributed by atoms with E-state index in [2.05, 4.69) is 42.4 Å². The van der Waals surface area contributed by atoms with Crippen LogP contribution in [0.1, 0.15) is 182 Å². The maximum absolute atomic E-state index is 14.0. The number of benzene rings is 1. The quantitative estimate of drug-likeness (QED) is 0.00675. The number of ether oxygens (including phenoxy) is 1. The summed E-state index contributed by atoms with van der Waals surface area (Å²) >= 11 is 4.21. The van der Waals surface area contributed by atoms with Crippen LogP contribution in [0.2, 0.25) is 0 Å². The van der Waals surface area contributed by atoms with E-state index in [1.807, 2.05) is 13.8 Å². The highest BCUT2D eigenvalue weighted by molar-refractivity contribution is 7.80. The molecule has 16 heteroatoms. The SMILES string of the molecule is CCCCCN.CCCCCNC(=O)CCC(CCC(=O)NCCCCS)(CCC(=O)C(C)C)NC(=O)CCCCCCCCCCC(=O)Oc1c(F)c(F)c(F)c(F)c1P. The van der Waals surface area contributed by atoms with Gasteiger partial charge in [0.1, 0.15) is 5.78 Å². The molecule has 3 amide bonds. The molecule has 352 valence electrons. The summed E-state index contributed by atoms with van der Waals surface area (Å²) in [5.74, 6) is -9.11. The number of nitrogens with one attached hydrogen (secondary N) is 3. The number of ketones is 1. The summed E-state index contributed by atoms with van der Waals surface area (Å²) in [6, 6.07) is 0. The summed E-state index contributed by atoms with van der Waals surface area (Å²) in [6.45, 7) is 9.89. The number of unbranched alkanes of at least 4 members (excludes halogenated alkanes) is 12. The number of hydrogen-bond donors (Lipinski definition) is 5. The van der Waals surface area contributed by atoms with E-state index < -0.39 is 45.8 Å². The van der Waals surface area contributed by atoms with Crippen molar-refractivity contribution >= 4 is 56.6 Å². The summed E-state index contributed by atoms with van der Waals surface area (Å²) < 4.78 is 59.3. The highest BCUT2D eigenvalue weighted by Gasteiger charge is 2.34. The standard InChI is InChI=1S/C40H64F4N3O6PS.C5H13N/c1-4-5-14-25-45-30(49)20-23-40(22-19-29(48)28(2)3,24-21-31(50)46-26-15-16-27-55)47-32(51)17-12-10-8-6-7-9-11-13-18-33(52)53-38-36(43)34(41)35(42)37(44)39(38)54;1-2-3-4-5-6/h28,55H,4-27,54H2,1-3H3,(H,45,49)(H,46,50)(H,47,51);2-6H2,1H3. The third-order valence-electron chi connectivity index (χ3n) is 10.4. The molecule has 0 saturated carbocycles. The third kappa shape index (κ3) is 27.1. The van der Waals surface area contributed by atoms with Crippen LogP contribution in [0.25, 0.3) is 0 Å². The van der Waals surface area contributed by atoms with Crippen LogP contribution in [0.5, 0.6) is 5.75 Å². The van der Waals surface area contributed by atoms with Crippen molar-refractivity contribution in [3.05, 3.63) is 23.3 Å². The highest BCUT2D eigenvalue weighted by atomic mass is 32.1. The number of halogens is 4. The molecule has 2 atom stereocenters. The Morgan fingerprint density at radius 2 is 1.10 bits per heavy atom. The first kappa shape index (κ1) is 58.2. The first-order valence-corrected chi connectivity index (χ1v) is 23.8. The lowest BCUT2D eigenvalue weighted by atomic mass is 9.81. The maximum Gasteiger partial charge on any atom is 0.311 e. The largest absolute Gasteiger partial charge is 0.422 e. The smallest absolute Gasteiger partial charge is 0.311 e. The zero-order valence-electron chi connectivity index (χ0n) is 37.4. The van der Waals surface area contributed by atoms with Crippen LogP contribution in [-0.2, 0) is 24.0 Å². The molecule has 0 saturated heterocycles. The van der Waals surface area contributed by atoms with E-state index in [-0.39, 0.29) is 61.5 Å². The van der Waals surface area contributed by atoms with Crippen LogP contribution in [0.3, 0.4) is 0 Å². The van der Waals surface area contributed by atoms with Gasteiger partial charge in [-0.3, -0.25) is 24.0 Å².